The van der Waals surface area contributed by atoms with Crippen LogP contribution in [0.1, 0.15) is 61.5 Å². The van der Waals surface area contributed by atoms with Crippen molar-refractivity contribution in [3.05, 3.63) is 60.9 Å². The van der Waals surface area contributed by atoms with Crippen LogP contribution in [0.5, 0.6) is 5.75 Å². The molecule has 13 heteroatoms. The third-order valence-electron chi connectivity index (χ3n) is 6.51. The Hall–Kier alpha value is -3.55. The van der Waals surface area contributed by atoms with Crippen molar-refractivity contribution in [3.63, 3.8) is 0 Å². The molecule has 3 rings (SSSR count). The Morgan fingerprint density at radius 3 is 2.49 bits per heavy atom. The fourth-order valence-corrected chi connectivity index (χ4v) is 5.69. The van der Waals surface area contributed by atoms with E-state index in [-0.39, 0.29) is 58.8 Å². The highest BCUT2D eigenvalue weighted by Crippen LogP contribution is 2.33. The monoisotopic (exact) mass is 593 g/mol. The maximum Gasteiger partial charge on any atom is 0.348 e. The normalized spacial score (nSPS) is 12.5. The number of fused-ring (bicyclic) bond motifs is 1. The quantitative estimate of drug-likeness (QED) is 0.306. The van der Waals surface area contributed by atoms with Crippen LogP contribution < -0.4 is 21.3 Å². The van der Waals surface area contributed by atoms with E-state index in [9.17, 15) is 28.7 Å². The molecule has 0 saturated heterocycles. The Morgan fingerprint density at radius 1 is 1.22 bits per heavy atom. The van der Waals surface area contributed by atoms with Crippen molar-refractivity contribution in [2.75, 3.05) is 26.9 Å². The molecule has 0 saturated carbocycles. The third kappa shape index (κ3) is 6.36. The summed E-state index contributed by atoms with van der Waals surface area (Å²) in [5, 5.41) is 12.3. The van der Waals surface area contributed by atoms with Gasteiger partial charge in [-0.1, -0.05) is 0 Å². The number of methoxy groups -OCH3 is 1. The van der Waals surface area contributed by atoms with Gasteiger partial charge in [-0.05, 0) is 65.3 Å². The second-order valence-electron chi connectivity index (χ2n) is 10.1. The second-order valence-corrected chi connectivity index (χ2v) is 11.1. The number of ether oxygens (including phenoxy) is 3. The number of nitrogens with zero attached hydrogens (tertiary/aromatic N) is 2. The number of hydrogen-bond donors (Lipinski definition) is 2. The van der Waals surface area contributed by atoms with Crippen LogP contribution in [0.4, 0.5) is 4.39 Å². The minimum Gasteiger partial charge on any atom is -0.496 e. The lowest BCUT2D eigenvalue weighted by Gasteiger charge is -2.28. The number of rotatable bonds is 12. The fourth-order valence-electron chi connectivity index (χ4n) is 4.49. The lowest BCUT2D eigenvalue weighted by atomic mass is 10.0. The molecule has 41 heavy (non-hydrogen) atoms. The average Bonchev–Trinajstić information content (AvgIpc) is 3.25. The number of hydrogen-bond acceptors (Lipinski definition) is 9. The van der Waals surface area contributed by atoms with Crippen LogP contribution in [0, 0.1) is 12.7 Å². The number of amides is 1. The first-order valence-electron chi connectivity index (χ1n) is 13.1. The summed E-state index contributed by atoms with van der Waals surface area (Å²) in [6.45, 7) is 8.96. The third-order valence-corrected chi connectivity index (χ3v) is 7.80. The lowest BCUT2D eigenvalue weighted by molar-refractivity contribution is -0.129. The molecule has 0 fully saturated rings. The van der Waals surface area contributed by atoms with Gasteiger partial charge in [-0.15, -0.1) is 11.3 Å². The van der Waals surface area contributed by atoms with Crippen LogP contribution in [0.3, 0.4) is 0 Å². The molecule has 2 N–H and O–H groups in total. The van der Waals surface area contributed by atoms with Crippen LogP contribution in [0.25, 0.3) is 10.2 Å². The van der Waals surface area contributed by atoms with E-state index in [1.54, 1.807) is 27.7 Å². The Morgan fingerprint density at radius 2 is 1.90 bits per heavy atom. The van der Waals surface area contributed by atoms with Crippen LogP contribution in [0.15, 0.2) is 27.8 Å². The predicted octanol–water partition coefficient (Wildman–Crippen LogP) is 2.87. The minimum atomic E-state index is -1.63. The van der Waals surface area contributed by atoms with E-state index in [2.05, 4.69) is 5.32 Å². The van der Waals surface area contributed by atoms with E-state index in [4.69, 9.17) is 14.2 Å². The number of benzene rings is 1. The van der Waals surface area contributed by atoms with E-state index in [1.807, 2.05) is 0 Å². The summed E-state index contributed by atoms with van der Waals surface area (Å²) in [5.41, 5.74) is -2.66. The van der Waals surface area contributed by atoms with Gasteiger partial charge in [0.25, 0.3) is 5.56 Å². The zero-order valence-electron chi connectivity index (χ0n) is 24.2. The molecule has 0 radical (unpaired) electrons. The molecule has 0 spiro atoms. The Kier molecular flexibility index (Phi) is 10.1. The Labute approximate surface area is 240 Å². The number of carbonyl (C=O) groups is 2. The van der Waals surface area contributed by atoms with Gasteiger partial charge in [-0.2, -0.15) is 0 Å². The van der Waals surface area contributed by atoms with E-state index in [1.165, 1.54) is 43.7 Å². The van der Waals surface area contributed by atoms with Crippen molar-refractivity contribution in [3.8, 4) is 5.75 Å². The standard InChI is InChI=1S/C28H36FN3O8S/c1-8-39-25(35)22-16(4)21-23(34)32(28(5,6)26(36)30-15(2)3)27(37)31(24(21)41-22)14-20(40-12-11-33)18-13-17(29)9-10-19(18)38-7/h9-10,13,15,20,33H,8,11-12,14H2,1-7H3,(H,30,36)/t20-/m0/s1. The van der Waals surface area contributed by atoms with Crippen molar-refractivity contribution in [1.82, 2.24) is 14.5 Å². The largest absolute Gasteiger partial charge is 0.496 e. The highest BCUT2D eigenvalue weighted by atomic mass is 32.1. The van der Waals surface area contributed by atoms with E-state index >= 15 is 0 Å². The van der Waals surface area contributed by atoms with Crippen molar-refractivity contribution in [2.45, 2.75) is 65.8 Å². The molecule has 2 aromatic heterocycles. The molecule has 0 aliphatic heterocycles. The summed E-state index contributed by atoms with van der Waals surface area (Å²) in [4.78, 5) is 54.3. The number of aliphatic hydroxyl groups excluding tert-OH is 1. The van der Waals surface area contributed by atoms with Crippen LogP contribution in [-0.2, 0) is 26.4 Å². The summed E-state index contributed by atoms with van der Waals surface area (Å²) in [5.74, 6) is -1.52. The summed E-state index contributed by atoms with van der Waals surface area (Å²) >= 11 is 0.904. The Bertz CT molecular complexity index is 1560. The van der Waals surface area contributed by atoms with Gasteiger partial charge >= 0.3 is 11.7 Å². The molecule has 0 bridgehead atoms. The molecule has 1 amide bonds. The molecule has 3 aromatic rings. The fraction of sp³-hybridized carbons (Fsp3) is 0.500. The smallest absolute Gasteiger partial charge is 0.348 e. The number of thiophene rings is 1. The summed E-state index contributed by atoms with van der Waals surface area (Å²) in [6, 6.07) is 3.55. The van der Waals surface area contributed by atoms with Crippen LogP contribution >= 0.6 is 11.3 Å². The number of aryl methyl sites for hydroxylation is 1. The molecular weight excluding hydrogens is 557 g/mol. The second kappa shape index (κ2) is 13.0. The van der Waals surface area contributed by atoms with Gasteiger partial charge < -0.3 is 24.6 Å². The number of aromatic nitrogens is 2. The van der Waals surface area contributed by atoms with Crippen LogP contribution in [0.2, 0.25) is 0 Å². The van der Waals surface area contributed by atoms with Gasteiger partial charge in [0.05, 0.1) is 38.9 Å². The molecule has 0 aliphatic rings. The van der Waals surface area contributed by atoms with Gasteiger partial charge in [0.2, 0.25) is 5.91 Å². The predicted molar refractivity (Wildman–Crippen MR) is 152 cm³/mol. The highest BCUT2D eigenvalue weighted by molar-refractivity contribution is 7.20. The lowest BCUT2D eigenvalue weighted by Crippen LogP contribution is -2.56. The number of nitrogens with one attached hydrogen (secondary N) is 1. The van der Waals surface area contributed by atoms with E-state index in [0.717, 1.165) is 15.9 Å². The molecule has 224 valence electrons. The van der Waals surface area contributed by atoms with Gasteiger partial charge in [0.1, 0.15) is 32.9 Å². The number of esters is 1. The van der Waals surface area contributed by atoms with Gasteiger partial charge in [0.15, 0.2) is 0 Å². The maximum absolute atomic E-state index is 14.4. The Balaban J connectivity index is 2.40. The van der Waals surface area contributed by atoms with Gasteiger partial charge in [-0.3, -0.25) is 14.2 Å². The molecule has 11 nitrogen and oxygen atoms in total. The molecule has 1 aromatic carbocycles. The number of carbonyl (C=O) groups excluding carboxylic acids is 2. The van der Waals surface area contributed by atoms with Gasteiger partial charge in [-0.25, -0.2) is 18.5 Å². The van der Waals surface area contributed by atoms with Crippen molar-refractivity contribution < 1.29 is 33.3 Å². The first-order chi connectivity index (χ1) is 19.3. The van der Waals surface area contributed by atoms with Crippen molar-refractivity contribution >= 4 is 33.4 Å². The van der Waals surface area contributed by atoms with E-state index < -0.39 is 40.6 Å². The molecule has 0 aliphatic carbocycles. The number of aliphatic hydroxyl groups is 1. The topological polar surface area (TPSA) is 138 Å². The summed E-state index contributed by atoms with van der Waals surface area (Å²) in [6.07, 6.45) is -1.03. The maximum atomic E-state index is 14.4. The van der Waals surface area contributed by atoms with Gasteiger partial charge in [0, 0.05) is 11.6 Å². The number of halogens is 1. The molecule has 0 unspecified atom stereocenters. The summed E-state index contributed by atoms with van der Waals surface area (Å²) < 4.78 is 32.9. The molecular formula is C28H36FN3O8S. The molecule has 2 heterocycles. The summed E-state index contributed by atoms with van der Waals surface area (Å²) in [7, 11) is 1.40. The van der Waals surface area contributed by atoms with E-state index in [0.29, 0.717) is 5.56 Å². The molecule has 1 atom stereocenters. The van der Waals surface area contributed by atoms with Crippen LogP contribution in [-0.4, -0.2) is 59.1 Å². The van der Waals surface area contributed by atoms with Crippen molar-refractivity contribution in [2.24, 2.45) is 0 Å². The van der Waals surface area contributed by atoms with Crippen molar-refractivity contribution in [1.29, 1.82) is 0 Å². The zero-order chi connectivity index (χ0) is 30.6. The highest BCUT2D eigenvalue weighted by Gasteiger charge is 2.36. The average molecular weight is 594 g/mol. The zero-order valence-corrected chi connectivity index (χ0v) is 25.0. The first-order valence-corrected chi connectivity index (χ1v) is 13.9. The first kappa shape index (κ1) is 32.0. The SMILES string of the molecule is CCOC(=O)c1sc2c(c1C)c(=O)n(C(C)(C)C(=O)NC(C)C)c(=O)n2C[C@H](OCCO)c1cc(F)ccc1OC. The minimum absolute atomic E-state index is 0.0650.